The Hall–Kier alpha value is -4.10. The van der Waals surface area contributed by atoms with Gasteiger partial charge in [-0.05, 0) is 67.4 Å². The summed E-state index contributed by atoms with van der Waals surface area (Å²) in [5, 5.41) is 15.9. The molecule has 0 spiro atoms. The van der Waals surface area contributed by atoms with Crippen molar-refractivity contribution in [2.24, 2.45) is 5.92 Å². The van der Waals surface area contributed by atoms with Crippen molar-refractivity contribution in [3.8, 4) is 28.5 Å². The highest BCUT2D eigenvalue weighted by atomic mass is 19.4. The fourth-order valence-electron chi connectivity index (χ4n) is 4.51. The van der Waals surface area contributed by atoms with Gasteiger partial charge in [0.2, 0.25) is 5.95 Å². The van der Waals surface area contributed by atoms with Gasteiger partial charge in [0.05, 0.1) is 22.3 Å². The summed E-state index contributed by atoms with van der Waals surface area (Å²) in [5.41, 5.74) is -0.948. The molecule has 1 fully saturated rings. The Balaban J connectivity index is 1.68. The van der Waals surface area contributed by atoms with E-state index in [4.69, 9.17) is 5.26 Å². The van der Waals surface area contributed by atoms with Crippen molar-refractivity contribution in [3.63, 3.8) is 0 Å². The third kappa shape index (κ3) is 4.95. The summed E-state index contributed by atoms with van der Waals surface area (Å²) in [5.74, 6) is -1.14. The number of hydrogen-bond donors (Lipinski definition) is 2. The molecule has 0 aliphatic carbocycles. The third-order valence-electron chi connectivity index (χ3n) is 6.38. The van der Waals surface area contributed by atoms with Gasteiger partial charge in [-0.25, -0.2) is 18.7 Å². The number of nitrogens with zero attached hydrogens (tertiary/aromatic N) is 3. The lowest BCUT2D eigenvalue weighted by Crippen LogP contribution is -2.18. The summed E-state index contributed by atoms with van der Waals surface area (Å²) >= 11 is 0. The molecular formula is C27H20F5N5. The molecule has 3 aromatic carbocycles. The zero-order chi connectivity index (χ0) is 26.2. The number of nitriles is 1. The Morgan fingerprint density at radius 3 is 2.51 bits per heavy atom. The molecule has 1 aliphatic rings. The molecule has 10 heteroatoms. The zero-order valence-electron chi connectivity index (χ0n) is 19.3. The van der Waals surface area contributed by atoms with Gasteiger partial charge in [0.1, 0.15) is 17.7 Å². The van der Waals surface area contributed by atoms with Crippen LogP contribution in [0.15, 0.2) is 54.6 Å². The third-order valence-corrected chi connectivity index (χ3v) is 6.38. The lowest BCUT2D eigenvalue weighted by atomic mass is 9.95. The first kappa shape index (κ1) is 24.6. The summed E-state index contributed by atoms with van der Waals surface area (Å²) < 4.78 is 70.3. The van der Waals surface area contributed by atoms with E-state index >= 15 is 0 Å². The van der Waals surface area contributed by atoms with E-state index < -0.39 is 28.9 Å². The maximum atomic E-state index is 14.7. The Bertz CT molecular complexity index is 1520. The van der Waals surface area contributed by atoms with Crippen molar-refractivity contribution in [1.82, 2.24) is 15.3 Å². The van der Waals surface area contributed by atoms with Crippen LogP contribution >= 0.6 is 0 Å². The van der Waals surface area contributed by atoms with Crippen LogP contribution < -0.4 is 10.6 Å². The molecule has 0 amide bonds. The summed E-state index contributed by atoms with van der Waals surface area (Å²) in [6.45, 7) is 2.36. The van der Waals surface area contributed by atoms with Gasteiger partial charge in [-0.2, -0.15) is 18.4 Å². The molecule has 0 bridgehead atoms. The highest BCUT2D eigenvalue weighted by molar-refractivity contribution is 5.96. The minimum Gasteiger partial charge on any atom is -0.354 e. The quantitative estimate of drug-likeness (QED) is 0.316. The average molecular weight is 509 g/mol. The number of rotatable bonds is 5. The van der Waals surface area contributed by atoms with Gasteiger partial charge in [-0.1, -0.05) is 18.2 Å². The van der Waals surface area contributed by atoms with Crippen molar-refractivity contribution < 1.29 is 22.0 Å². The normalized spacial score (nSPS) is 15.6. The van der Waals surface area contributed by atoms with Gasteiger partial charge in [0.15, 0.2) is 0 Å². The lowest BCUT2D eigenvalue weighted by Gasteiger charge is -2.16. The van der Waals surface area contributed by atoms with Gasteiger partial charge in [0, 0.05) is 23.1 Å². The van der Waals surface area contributed by atoms with E-state index in [0.717, 1.165) is 43.8 Å². The first-order chi connectivity index (χ1) is 17.7. The summed E-state index contributed by atoms with van der Waals surface area (Å²) in [6, 6.07) is 12.7. The van der Waals surface area contributed by atoms with Crippen LogP contribution in [0.5, 0.6) is 0 Å². The number of hydrogen-bond acceptors (Lipinski definition) is 5. The van der Waals surface area contributed by atoms with E-state index in [1.807, 2.05) is 0 Å². The second-order valence-corrected chi connectivity index (χ2v) is 8.83. The van der Waals surface area contributed by atoms with E-state index in [9.17, 15) is 22.0 Å². The van der Waals surface area contributed by atoms with Crippen LogP contribution in [0.1, 0.15) is 17.5 Å². The van der Waals surface area contributed by atoms with Crippen molar-refractivity contribution in [1.29, 1.82) is 5.26 Å². The molecule has 4 aromatic rings. The molecule has 0 saturated carbocycles. The molecule has 5 rings (SSSR count). The molecule has 0 radical (unpaired) electrons. The number of benzene rings is 3. The highest BCUT2D eigenvalue weighted by Crippen LogP contribution is 2.40. The van der Waals surface area contributed by atoms with Crippen LogP contribution in [0.4, 0.5) is 27.9 Å². The maximum Gasteiger partial charge on any atom is 0.417 e. The maximum absolute atomic E-state index is 14.7. The SMILES string of the molecule is N#Cc1ccc(-c2nc(NC[C@H]3CCNC3)nc3ccc(-c4c(F)cccc4C(F)(F)F)cc23)cc1F. The smallest absolute Gasteiger partial charge is 0.354 e. The molecule has 5 nitrogen and oxygen atoms in total. The summed E-state index contributed by atoms with van der Waals surface area (Å²) in [4.78, 5) is 9.05. The molecule has 37 heavy (non-hydrogen) atoms. The van der Waals surface area contributed by atoms with Crippen LogP contribution in [0, 0.1) is 28.9 Å². The van der Waals surface area contributed by atoms with Gasteiger partial charge in [-0.3, -0.25) is 0 Å². The second-order valence-electron chi connectivity index (χ2n) is 8.83. The average Bonchev–Trinajstić information content (AvgIpc) is 3.40. The van der Waals surface area contributed by atoms with Gasteiger partial charge >= 0.3 is 6.18 Å². The molecule has 2 heterocycles. The molecule has 1 aliphatic heterocycles. The summed E-state index contributed by atoms with van der Waals surface area (Å²) in [6.07, 6.45) is -3.79. The minimum absolute atomic E-state index is 0.0189. The standard InChI is InChI=1S/C27H20F5N5/c28-21-3-1-2-20(27(30,31)32)24(21)16-6-7-23-19(10-16)25(17-4-5-18(12-33)22(29)11-17)37-26(36-23)35-14-15-8-9-34-13-15/h1-7,10-11,15,34H,8-9,13-14H2,(H,35,36,37)/t15-/m0/s1. The number of fused-ring (bicyclic) bond motifs is 1. The minimum atomic E-state index is -4.77. The van der Waals surface area contributed by atoms with E-state index in [1.54, 1.807) is 6.07 Å². The first-order valence-electron chi connectivity index (χ1n) is 11.6. The fraction of sp³-hybridized carbons (Fsp3) is 0.222. The zero-order valence-corrected chi connectivity index (χ0v) is 19.3. The van der Waals surface area contributed by atoms with Crippen LogP contribution in [0.25, 0.3) is 33.3 Å². The monoisotopic (exact) mass is 509 g/mol. The molecule has 2 N–H and O–H groups in total. The predicted molar refractivity (Wildman–Crippen MR) is 130 cm³/mol. The second kappa shape index (κ2) is 9.75. The topological polar surface area (TPSA) is 73.6 Å². The molecule has 188 valence electrons. The van der Waals surface area contributed by atoms with Gasteiger partial charge in [0.25, 0.3) is 0 Å². The first-order valence-corrected chi connectivity index (χ1v) is 11.6. The molecule has 0 unspecified atom stereocenters. The summed E-state index contributed by atoms with van der Waals surface area (Å²) in [7, 11) is 0. The van der Waals surface area contributed by atoms with Crippen LogP contribution in [0.2, 0.25) is 0 Å². The Morgan fingerprint density at radius 2 is 1.81 bits per heavy atom. The Morgan fingerprint density at radius 1 is 1.00 bits per heavy atom. The van der Waals surface area contributed by atoms with Crippen molar-refractivity contribution in [2.75, 3.05) is 25.0 Å². The lowest BCUT2D eigenvalue weighted by molar-refractivity contribution is -0.137. The molecule has 1 atom stereocenters. The van der Waals surface area contributed by atoms with Crippen molar-refractivity contribution >= 4 is 16.9 Å². The van der Waals surface area contributed by atoms with Crippen molar-refractivity contribution in [2.45, 2.75) is 12.6 Å². The van der Waals surface area contributed by atoms with E-state index in [2.05, 4.69) is 20.6 Å². The van der Waals surface area contributed by atoms with Crippen LogP contribution in [0.3, 0.4) is 0 Å². The van der Waals surface area contributed by atoms with Crippen LogP contribution in [-0.2, 0) is 6.18 Å². The molecule has 1 saturated heterocycles. The fourth-order valence-corrected chi connectivity index (χ4v) is 4.51. The van der Waals surface area contributed by atoms with Crippen molar-refractivity contribution in [3.05, 3.63) is 77.4 Å². The number of nitrogens with one attached hydrogen (secondary N) is 2. The number of aromatic nitrogens is 2. The predicted octanol–water partition coefficient (Wildman–Crippen LogP) is 6.15. The number of halogens is 5. The number of anilines is 1. The van der Waals surface area contributed by atoms with Gasteiger partial charge < -0.3 is 10.6 Å². The van der Waals surface area contributed by atoms with E-state index in [0.29, 0.717) is 28.9 Å². The van der Waals surface area contributed by atoms with E-state index in [-0.39, 0.29) is 22.8 Å². The molecular weight excluding hydrogens is 489 g/mol. The Kier molecular flexibility index (Phi) is 6.48. The largest absolute Gasteiger partial charge is 0.417 e. The van der Waals surface area contributed by atoms with Crippen LogP contribution in [-0.4, -0.2) is 29.6 Å². The van der Waals surface area contributed by atoms with E-state index in [1.165, 1.54) is 30.3 Å². The highest BCUT2D eigenvalue weighted by Gasteiger charge is 2.35. The Labute approximate surface area is 209 Å². The number of alkyl halides is 3. The molecule has 1 aromatic heterocycles. The van der Waals surface area contributed by atoms with Gasteiger partial charge in [-0.15, -0.1) is 0 Å².